The molecule has 8 heteroatoms. The monoisotopic (exact) mass is 347 g/mol. The second-order valence-corrected chi connectivity index (χ2v) is 7.09. The van der Waals surface area contributed by atoms with E-state index in [-0.39, 0.29) is 19.3 Å². The highest BCUT2D eigenvalue weighted by Crippen LogP contribution is 2.41. The van der Waals surface area contributed by atoms with E-state index in [9.17, 15) is 18.7 Å². The number of thiazole rings is 1. The number of halogens is 2. The topological polar surface area (TPSA) is 102 Å². The zero-order valence-electron chi connectivity index (χ0n) is 12.8. The van der Waals surface area contributed by atoms with Crippen LogP contribution in [-0.2, 0) is 11.2 Å². The van der Waals surface area contributed by atoms with Crippen LogP contribution >= 0.6 is 11.3 Å². The molecule has 1 heterocycles. The summed E-state index contributed by atoms with van der Waals surface area (Å²) in [6.07, 6.45) is -0.210. The van der Waals surface area contributed by atoms with Gasteiger partial charge in [-0.15, -0.1) is 11.3 Å². The minimum absolute atomic E-state index is 0.0153. The van der Waals surface area contributed by atoms with Gasteiger partial charge in [-0.05, 0) is 25.2 Å². The molecule has 1 aliphatic rings. The summed E-state index contributed by atoms with van der Waals surface area (Å²) in [5.74, 6) is -4.69. The van der Waals surface area contributed by atoms with Gasteiger partial charge in [0.2, 0.25) is 11.8 Å². The summed E-state index contributed by atoms with van der Waals surface area (Å²) >= 11 is 1.43. The third-order valence-electron chi connectivity index (χ3n) is 4.53. The smallest absolute Gasteiger partial charge is 0.248 e. The molecule has 1 aromatic rings. The second kappa shape index (κ2) is 7.63. The van der Waals surface area contributed by atoms with Crippen molar-refractivity contribution in [2.24, 2.45) is 23.3 Å². The molecule has 4 atom stereocenters. The van der Waals surface area contributed by atoms with Gasteiger partial charge in [0, 0.05) is 36.6 Å². The van der Waals surface area contributed by atoms with Crippen LogP contribution < -0.4 is 11.5 Å². The molecule has 1 aromatic heterocycles. The highest BCUT2D eigenvalue weighted by molar-refractivity contribution is 7.07. The van der Waals surface area contributed by atoms with Crippen molar-refractivity contribution in [1.29, 1.82) is 0 Å². The van der Waals surface area contributed by atoms with Gasteiger partial charge in [-0.25, -0.2) is 13.8 Å². The number of aromatic nitrogens is 1. The van der Waals surface area contributed by atoms with Crippen molar-refractivity contribution in [1.82, 2.24) is 4.98 Å². The Morgan fingerprint density at radius 1 is 1.57 bits per heavy atom. The number of aliphatic hydroxyl groups is 1. The lowest BCUT2D eigenvalue weighted by atomic mass is 9.75. The van der Waals surface area contributed by atoms with E-state index in [1.54, 1.807) is 5.51 Å². The standard InChI is InChI=1S/C15H23F2N3O2S/c16-15(17)3-1-2-9(6-15)11(14(19)22)5-13(21)12(18)4-10-7-23-8-20-10/h7-9,11-13,21H,1-6,18H2,(H2,19,22). The fourth-order valence-corrected chi connectivity index (χ4v) is 3.82. The number of primary amides is 1. The summed E-state index contributed by atoms with van der Waals surface area (Å²) in [6, 6.07) is -0.608. The average molecular weight is 347 g/mol. The van der Waals surface area contributed by atoms with Crippen LogP contribution in [0.15, 0.2) is 10.9 Å². The SMILES string of the molecule is NC(=O)C(CC(O)C(N)Cc1cscn1)C1CCCC(F)(F)C1. The molecular weight excluding hydrogens is 324 g/mol. The van der Waals surface area contributed by atoms with Gasteiger partial charge in [0.25, 0.3) is 0 Å². The van der Waals surface area contributed by atoms with E-state index in [2.05, 4.69) is 4.98 Å². The fourth-order valence-electron chi connectivity index (χ4n) is 3.25. The van der Waals surface area contributed by atoms with E-state index in [0.29, 0.717) is 19.3 Å². The Balaban J connectivity index is 1.96. The highest BCUT2D eigenvalue weighted by Gasteiger charge is 2.41. The van der Waals surface area contributed by atoms with Crippen LogP contribution in [0.3, 0.4) is 0 Å². The normalized spacial score (nSPS) is 24.8. The summed E-state index contributed by atoms with van der Waals surface area (Å²) < 4.78 is 27.2. The van der Waals surface area contributed by atoms with Crippen molar-refractivity contribution in [2.45, 2.75) is 56.6 Å². The van der Waals surface area contributed by atoms with Gasteiger partial charge in [-0.3, -0.25) is 4.79 Å². The van der Waals surface area contributed by atoms with Gasteiger partial charge in [0.15, 0.2) is 0 Å². The first-order valence-corrected chi connectivity index (χ1v) is 8.70. The lowest BCUT2D eigenvalue weighted by molar-refractivity contribution is -0.128. The second-order valence-electron chi connectivity index (χ2n) is 6.37. The van der Waals surface area contributed by atoms with E-state index in [0.717, 1.165) is 5.69 Å². The van der Waals surface area contributed by atoms with Crippen LogP contribution in [0.4, 0.5) is 8.78 Å². The summed E-state index contributed by atoms with van der Waals surface area (Å²) in [6.45, 7) is 0. The minimum atomic E-state index is -2.76. The Bertz CT molecular complexity index is 513. The summed E-state index contributed by atoms with van der Waals surface area (Å²) in [4.78, 5) is 15.8. The molecule has 2 rings (SSSR count). The van der Waals surface area contributed by atoms with Crippen LogP contribution in [0.5, 0.6) is 0 Å². The van der Waals surface area contributed by atoms with Crippen molar-refractivity contribution in [3.8, 4) is 0 Å². The first-order chi connectivity index (χ1) is 10.8. The molecule has 1 fully saturated rings. The van der Waals surface area contributed by atoms with Gasteiger partial charge in [-0.1, -0.05) is 0 Å². The number of rotatable bonds is 7. The van der Waals surface area contributed by atoms with E-state index in [4.69, 9.17) is 11.5 Å². The number of carbonyl (C=O) groups excluding carboxylic acids is 1. The lowest BCUT2D eigenvalue weighted by Crippen LogP contribution is -2.43. The first-order valence-electron chi connectivity index (χ1n) is 7.76. The molecule has 130 valence electrons. The van der Waals surface area contributed by atoms with Gasteiger partial charge < -0.3 is 16.6 Å². The Morgan fingerprint density at radius 3 is 2.87 bits per heavy atom. The summed E-state index contributed by atoms with van der Waals surface area (Å²) in [5.41, 5.74) is 13.8. The summed E-state index contributed by atoms with van der Waals surface area (Å²) in [7, 11) is 0. The van der Waals surface area contributed by atoms with Crippen molar-refractivity contribution < 1.29 is 18.7 Å². The molecule has 0 bridgehead atoms. The zero-order valence-corrected chi connectivity index (χ0v) is 13.6. The Kier molecular flexibility index (Phi) is 6.05. The van der Waals surface area contributed by atoms with Crippen LogP contribution in [0.1, 0.15) is 37.8 Å². The Morgan fingerprint density at radius 2 is 2.30 bits per heavy atom. The number of nitrogens with zero attached hydrogens (tertiary/aromatic N) is 1. The predicted octanol–water partition coefficient (Wildman–Crippen LogP) is 1.69. The lowest BCUT2D eigenvalue weighted by Gasteiger charge is -2.34. The van der Waals surface area contributed by atoms with Gasteiger partial charge in [-0.2, -0.15) is 0 Å². The molecule has 1 saturated carbocycles. The number of amides is 1. The van der Waals surface area contributed by atoms with Crippen LogP contribution in [0.2, 0.25) is 0 Å². The van der Waals surface area contributed by atoms with Crippen LogP contribution in [0, 0.1) is 11.8 Å². The van der Waals surface area contributed by atoms with Gasteiger partial charge in [0.05, 0.1) is 17.3 Å². The molecule has 1 aliphatic carbocycles. The molecule has 23 heavy (non-hydrogen) atoms. The minimum Gasteiger partial charge on any atom is -0.391 e. The first kappa shape index (κ1) is 18.2. The van der Waals surface area contributed by atoms with E-state index in [1.807, 2.05) is 5.38 Å². The quantitative estimate of drug-likeness (QED) is 0.698. The molecule has 4 unspecified atom stereocenters. The number of aliphatic hydroxyl groups excluding tert-OH is 1. The summed E-state index contributed by atoms with van der Waals surface area (Å²) in [5, 5.41) is 12.1. The molecule has 0 aliphatic heterocycles. The van der Waals surface area contributed by atoms with Crippen molar-refractivity contribution >= 4 is 17.2 Å². The molecular formula is C15H23F2N3O2S. The third kappa shape index (κ3) is 5.19. The van der Waals surface area contributed by atoms with Crippen molar-refractivity contribution in [3.05, 3.63) is 16.6 Å². The molecule has 0 aromatic carbocycles. The Hall–Kier alpha value is -1.12. The number of hydrogen-bond donors (Lipinski definition) is 3. The molecule has 5 nitrogen and oxygen atoms in total. The van der Waals surface area contributed by atoms with E-state index >= 15 is 0 Å². The average Bonchev–Trinajstić information content (AvgIpc) is 2.95. The number of nitrogens with two attached hydrogens (primary N) is 2. The molecule has 1 amide bonds. The molecule has 5 N–H and O–H groups in total. The molecule has 0 radical (unpaired) electrons. The number of hydrogen-bond acceptors (Lipinski definition) is 5. The maximum absolute atomic E-state index is 13.6. The maximum atomic E-state index is 13.6. The van der Waals surface area contributed by atoms with Crippen molar-refractivity contribution in [3.63, 3.8) is 0 Å². The maximum Gasteiger partial charge on any atom is 0.248 e. The molecule has 0 saturated heterocycles. The largest absolute Gasteiger partial charge is 0.391 e. The van der Waals surface area contributed by atoms with Crippen molar-refractivity contribution in [2.75, 3.05) is 0 Å². The van der Waals surface area contributed by atoms with Crippen LogP contribution in [-0.4, -0.2) is 34.1 Å². The predicted molar refractivity (Wildman–Crippen MR) is 84.0 cm³/mol. The molecule has 0 spiro atoms. The van der Waals surface area contributed by atoms with E-state index < -0.39 is 35.8 Å². The number of alkyl halides is 2. The third-order valence-corrected chi connectivity index (χ3v) is 5.17. The number of carbonyl (C=O) groups is 1. The van der Waals surface area contributed by atoms with Crippen LogP contribution in [0.25, 0.3) is 0 Å². The zero-order chi connectivity index (χ0) is 17.0. The van der Waals surface area contributed by atoms with E-state index in [1.165, 1.54) is 11.3 Å². The highest BCUT2D eigenvalue weighted by atomic mass is 32.1. The van der Waals surface area contributed by atoms with Gasteiger partial charge in [0.1, 0.15) is 0 Å². The Labute approximate surface area is 138 Å². The van der Waals surface area contributed by atoms with Gasteiger partial charge >= 0.3 is 0 Å². The fraction of sp³-hybridized carbons (Fsp3) is 0.733.